The molecule has 0 saturated carbocycles. The summed E-state index contributed by atoms with van der Waals surface area (Å²) in [6.07, 6.45) is -9.52. The van der Waals surface area contributed by atoms with Crippen LogP contribution in [0.2, 0.25) is 0 Å². The first-order valence-corrected chi connectivity index (χ1v) is 7.77. The van der Waals surface area contributed by atoms with Gasteiger partial charge in [0.1, 0.15) is 0 Å². The van der Waals surface area contributed by atoms with Gasteiger partial charge in [0.15, 0.2) is 0 Å². The Labute approximate surface area is 146 Å². The number of allylic oxidation sites excluding steroid dienone is 4. The van der Waals surface area contributed by atoms with Gasteiger partial charge in [0.25, 0.3) is 0 Å². The maximum absolute atomic E-state index is 13.4. The molecule has 0 saturated heterocycles. The molecule has 0 aliphatic carbocycles. The molecule has 0 aromatic heterocycles. The van der Waals surface area contributed by atoms with Crippen LogP contribution in [0.1, 0.15) is 48.9 Å². The maximum atomic E-state index is 13.4. The van der Waals surface area contributed by atoms with Gasteiger partial charge in [0, 0.05) is 0 Å². The molecule has 0 fully saturated rings. The van der Waals surface area contributed by atoms with Crippen LogP contribution in [0.3, 0.4) is 0 Å². The number of benzene rings is 1. The molecule has 26 heavy (non-hydrogen) atoms. The second-order valence-electron chi connectivity index (χ2n) is 5.79. The van der Waals surface area contributed by atoms with E-state index in [1.54, 1.807) is 0 Å². The molecular weight excluding hydrogens is 368 g/mol. The van der Waals surface area contributed by atoms with Gasteiger partial charge in [0.05, 0.1) is 22.8 Å². The zero-order valence-electron chi connectivity index (χ0n) is 14.2. The smallest absolute Gasteiger partial charge is 0.212 e. The molecule has 1 aromatic rings. The van der Waals surface area contributed by atoms with E-state index in [4.69, 9.17) is 0 Å². The summed E-state index contributed by atoms with van der Waals surface area (Å²) in [5, 5.41) is 0. The largest absolute Gasteiger partial charge is 0.417 e. The highest BCUT2D eigenvalue weighted by atomic mass is 19.4. The molecule has 0 amide bonds. The van der Waals surface area contributed by atoms with Crippen LogP contribution in [0.15, 0.2) is 35.9 Å². The summed E-state index contributed by atoms with van der Waals surface area (Å²) in [7, 11) is 0. The van der Waals surface area contributed by atoms with Gasteiger partial charge in [-0.25, -0.2) is 8.78 Å². The van der Waals surface area contributed by atoms with Gasteiger partial charge in [0.2, 0.25) is 0 Å². The minimum atomic E-state index is -5.23. The van der Waals surface area contributed by atoms with Crippen LogP contribution in [0, 0.1) is 0 Å². The standard InChI is InChI=1S/C18H18F8/c1-11(19)5-3-7-13-9-10-14(8-4-6-12(2)20)16(18(24,25)26)15(13)17(21,22)23/h5-6,9-10H,3-4,7-8H2,1-2H3/b11-5-,12-6-. The lowest BCUT2D eigenvalue weighted by Crippen LogP contribution is -2.21. The Morgan fingerprint density at radius 2 is 1.04 bits per heavy atom. The third-order valence-electron chi connectivity index (χ3n) is 3.62. The summed E-state index contributed by atoms with van der Waals surface area (Å²) < 4.78 is 106. The SMILES string of the molecule is C/C(F)=C/CCc1ccc(CC/C=C(/C)F)c(C(F)(F)F)c1C(F)(F)F. The predicted octanol–water partition coefficient (Wildman–Crippen LogP) is 7.34. The van der Waals surface area contributed by atoms with E-state index >= 15 is 0 Å². The fourth-order valence-corrected chi connectivity index (χ4v) is 2.61. The summed E-state index contributed by atoms with van der Waals surface area (Å²) in [5.41, 5.74) is -4.62. The quantitative estimate of drug-likeness (QED) is 0.449. The maximum Gasteiger partial charge on any atom is 0.417 e. The molecule has 0 N–H and O–H groups in total. The van der Waals surface area contributed by atoms with Crippen LogP contribution in [0.25, 0.3) is 0 Å². The van der Waals surface area contributed by atoms with Crippen molar-refractivity contribution in [3.05, 3.63) is 58.2 Å². The molecule has 0 aliphatic heterocycles. The van der Waals surface area contributed by atoms with E-state index in [0.717, 1.165) is 38.1 Å². The summed E-state index contributed by atoms with van der Waals surface area (Å²) in [4.78, 5) is 0. The molecule has 8 heteroatoms. The van der Waals surface area contributed by atoms with E-state index in [0.29, 0.717) is 0 Å². The monoisotopic (exact) mass is 386 g/mol. The fourth-order valence-electron chi connectivity index (χ4n) is 2.61. The van der Waals surface area contributed by atoms with Gasteiger partial charge in [-0.1, -0.05) is 24.3 Å². The molecule has 0 nitrogen and oxygen atoms in total. The molecule has 0 bridgehead atoms. The first-order valence-electron chi connectivity index (χ1n) is 7.77. The van der Waals surface area contributed by atoms with Gasteiger partial charge < -0.3 is 0 Å². The fraction of sp³-hybridized carbons (Fsp3) is 0.444. The summed E-state index contributed by atoms with van der Waals surface area (Å²) in [5.74, 6) is -1.25. The van der Waals surface area contributed by atoms with Gasteiger partial charge in [-0.05, 0) is 50.7 Å². The molecule has 1 rings (SSSR count). The molecule has 1 aromatic carbocycles. The Bertz CT molecular complexity index is 611. The van der Waals surface area contributed by atoms with Crippen molar-refractivity contribution in [3.8, 4) is 0 Å². The van der Waals surface area contributed by atoms with E-state index in [2.05, 4.69) is 0 Å². The van der Waals surface area contributed by atoms with Crippen LogP contribution in [-0.4, -0.2) is 0 Å². The molecule has 0 spiro atoms. The van der Waals surface area contributed by atoms with Crippen LogP contribution >= 0.6 is 0 Å². The molecule has 0 aliphatic rings. The normalized spacial score (nSPS) is 14.1. The molecule has 146 valence electrons. The van der Waals surface area contributed by atoms with Crippen molar-refractivity contribution in [1.82, 2.24) is 0 Å². The third kappa shape index (κ3) is 6.46. The van der Waals surface area contributed by atoms with Gasteiger partial charge in [-0.15, -0.1) is 0 Å². The Morgan fingerprint density at radius 1 is 0.731 bits per heavy atom. The molecule has 0 radical (unpaired) electrons. The average molecular weight is 386 g/mol. The van der Waals surface area contributed by atoms with Gasteiger partial charge >= 0.3 is 12.4 Å². The lowest BCUT2D eigenvalue weighted by atomic mass is 9.90. The number of alkyl halides is 6. The highest BCUT2D eigenvalue weighted by Gasteiger charge is 2.46. The van der Waals surface area contributed by atoms with Crippen LogP contribution in [0.5, 0.6) is 0 Å². The first-order chi connectivity index (χ1) is 11.8. The predicted molar refractivity (Wildman–Crippen MR) is 82.8 cm³/mol. The lowest BCUT2D eigenvalue weighted by Gasteiger charge is -2.22. The van der Waals surface area contributed by atoms with E-state index in [-0.39, 0.29) is 25.7 Å². The van der Waals surface area contributed by atoms with Crippen molar-refractivity contribution in [3.63, 3.8) is 0 Å². The van der Waals surface area contributed by atoms with E-state index in [9.17, 15) is 35.1 Å². The second-order valence-corrected chi connectivity index (χ2v) is 5.79. The summed E-state index contributed by atoms with van der Waals surface area (Å²) >= 11 is 0. The Kier molecular flexibility index (Phi) is 7.41. The van der Waals surface area contributed by atoms with E-state index < -0.39 is 46.3 Å². The Morgan fingerprint density at radius 3 is 1.27 bits per heavy atom. The topological polar surface area (TPSA) is 0 Å². The van der Waals surface area contributed by atoms with Crippen molar-refractivity contribution in [2.75, 3.05) is 0 Å². The number of hydrogen-bond acceptors (Lipinski definition) is 0. The number of aryl methyl sites for hydroxylation is 2. The van der Waals surface area contributed by atoms with Gasteiger partial charge in [-0.3, -0.25) is 0 Å². The zero-order valence-corrected chi connectivity index (χ0v) is 14.2. The average Bonchev–Trinajstić information content (AvgIpc) is 2.44. The van der Waals surface area contributed by atoms with Crippen molar-refractivity contribution in [1.29, 1.82) is 0 Å². The van der Waals surface area contributed by atoms with Crippen molar-refractivity contribution in [2.24, 2.45) is 0 Å². The lowest BCUT2D eigenvalue weighted by molar-refractivity contribution is -0.163. The highest BCUT2D eigenvalue weighted by Crippen LogP contribution is 2.44. The van der Waals surface area contributed by atoms with Gasteiger partial charge in [-0.2, -0.15) is 26.3 Å². The number of halogens is 8. The third-order valence-corrected chi connectivity index (χ3v) is 3.62. The van der Waals surface area contributed by atoms with Crippen molar-refractivity contribution >= 4 is 0 Å². The first kappa shape index (κ1) is 22.2. The van der Waals surface area contributed by atoms with Crippen LogP contribution in [-0.2, 0) is 25.2 Å². The molecule has 0 heterocycles. The van der Waals surface area contributed by atoms with Crippen molar-refractivity contribution < 1.29 is 35.1 Å². The second kappa shape index (κ2) is 8.68. The number of hydrogen-bond donors (Lipinski definition) is 0. The van der Waals surface area contributed by atoms with Crippen LogP contribution in [0.4, 0.5) is 35.1 Å². The van der Waals surface area contributed by atoms with E-state index in [1.165, 1.54) is 0 Å². The molecule has 0 atom stereocenters. The molecule has 0 unspecified atom stereocenters. The summed E-state index contributed by atoms with van der Waals surface area (Å²) in [6, 6.07) is 1.95. The minimum Gasteiger partial charge on any atom is -0.212 e. The minimum absolute atomic E-state index is 0.161. The summed E-state index contributed by atoms with van der Waals surface area (Å²) in [6.45, 7) is 2.19. The molecular formula is C18H18F8. The Hall–Kier alpha value is -1.86. The van der Waals surface area contributed by atoms with E-state index in [1.807, 2.05) is 0 Å². The Balaban J connectivity index is 3.47. The zero-order chi connectivity index (χ0) is 20.1. The van der Waals surface area contributed by atoms with Crippen molar-refractivity contribution in [2.45, 2.75) is 51.9 Å². The van der Waals surface area contributed by atoms with Crippen LogP contribution < -0.4 is 0 Å². The highest BCUT2D eigenvalue weighted by molar-refractivity contribution is 5.45. The number of rotatable bonds is 6.